The van der Waals surface area contributed by atoms with E-state index < -0.39 is 0 Å². The van der Waals surface area contributed by atoms with Crippen molar-refractivity contribution < 1.29 is 4.79 Å². The molecule has 1 fully saturated rings. The van der Waals surface area contributed by atoms with Gasteiger partial charge in [0.25, 0.3) is 0 Å². The van der Waals surface area contributed by atoms with Gasteiger partial charge in [-0.1, -0.05) is 20.8 Å². The lowest BCUT2D eigenvalue weighted by Crippen LogP contribution is -2.35. The lowest BCUT2D eigenvalue weighted by atomic mass is 10.0. The Balaban J connectivity index is 1.64. The Kier molecular flexibility index (Phi) is 6.62. The fraction of sp³-hybridized carbons (Fsp3) is 0.778. The van der Waals surface area contributed by atoms with Crippen molar-refractivity contribution in [3.05, 3.63) is 18.0 Å². The van der Waals surface area contributed by atoms with Crippen LogP contribution in [-0.4, -0.2) is 40.1 Å². The number of unbranched alkanes of at least 4 members (excludes halogenated alkanes) is 1. The summed E-state index contributed by atoms with van der Waals surface area (Å²) in [4.78, 5) is 14.1. The molecule has 4 nitrogen and oxygen atoms in total. The molecule has 1 aliphatic rings. The summed E-state index contributed by atoms with van der Waals surface area (Å²) >= 11 is 0. The highest BCUT2D eigenvalue weighted by atomic mass is 16.1. The minimum Gasteiger partial charge on any atom is -0.303 e. The van der Waals surface area contributed by atoms with Gasteiger partial charge in [-0.05, 0) is 44.2 Å². The Morgan fingerprint density at radius 2 is 2.05 bits per heavy atom. The molecule has 1 aliphatic heterocycles. The molecule has 0 saturated carbocycles. The van der Waals surface area contributed by atoms with E-state index in [4.69, 9.17) is 0 Å². The molecular weight excluding hydrogens is 274 g/mol. The number of aryl methyl sites for hydroxylation is 1. The van der Waals surface area contributed by atoms with Gasteiger partial charge in [0.05, 0.1) is 12.2 Å². The number of likely N-dealkylation sites (tertiary alicyclic amines) is 1. The summed E-state index contributed by atoms with van der Waals surface area (Å²) in [7, 11) is 0. The van der Waals surface area contributed by atoms with E-state index in [1.54, 1.807) is 0 Å². The van der Waals surface area contributed by atoms with Crippen molar-refractivity contribution in [1.29, 1.82) is 0 Å². The molecule has 0 radical (unpaired) electrons. The number of hydrogen-bond donors (Lipinski definition) is 0. The van der Waals surface area contributed by atoms with Gasteiger partial charge in [0.2, 0.25) is 0 Å². The Morgan fingerprint density at radius 1 is 1.32 bits per heavy atom. The lowest BCUT2D eigenvalue weighted by Gasteiger charge is -2.32. The molecule has 1 aromatic rings. The van der Waals surface area contributed by atoms with Crippen molar-refractivity contribution in [2.45, 2.75) is 65.3 Å². The number of carbonyl (C=O) groups is 1. The molecule has 0 N–H and O–H groups in total. The predicted octanol–water partition coefficient (Wildman–Crippen LogP) is 3.48. The molecular formula is C18H31N3O. The minimum atomic E-state index is 0.192. The van der Waals surface area contributed by atoms with Gasteiger partial charge in [0, 0.05) is 31.6 Å². The van der Waals surface area contributed by atoms with Gasteiger partial charge in [-0.15, -0.1) is 0 Å². The first-order valence-electron chi connectivity index (χ1n) is 8.88. The summed E-state index contributed by atoms with van der Waals surface area (Å²) < 4.78 is 2.16. The second-order valence-corrected chi connectivity index (χ2v) is 6.83. The largest absolute Gasteiger partial charge is 0.303 e. The number of nitrogens with zero attached hydrogens (tertiary/aromatic N) is 3. The standard InChI is InChI=1S/C18H31N3O/c1-4-16-13-19-21(14-16)17-8-11-20(12-9-17)10-6-5-7-18(22)15(2)3/h13-15,17H,4-12H2,1-3H3. The normalized spacial score (nSPS) is 17.3. The van der Waals surface area contributed by atoms with Crippen molar-refractivity contribution in [2.75, 3.05) is 19.6 Å². The van der Waals surface area contributed by atoms with Crippen LogP contribution in [-0.2, 0) is 11.2 Å². The Hall–Kier alpha value is -1.16. The average molecular weight is 305 g/mol. The SMILES string of the molecule is CCc1cnn(C2CCN(CCCCC(=O)C(C)C)CC2)c1. The van der Waals surface area contributed by atoms with Gasteiger partial charge >= 0.3 is 0 Å². The number of rotatable bonds is 8. The maximum absolute atomic E-state index is 11.6. The number of aromatic nitrogens is 2. The van der Waals surface area contributed by atoms with E-state index in [9.17, 15) is 4.79 Å². The fourth-order valence-electron chi connectivity index (χ4n) is 3.09. The molecule has 1 aromatic heterocycles. The number of ketones is 1. The van der Waals surface area contributed by atoms with Crippen LogP contribution in [0.15, 0.2) is 12.4 Å². The van der Waals surface area contributed by atoms with Crippen LogP contribution < -0.4 is 0 Å². The summed E-state index contributed by atoms with van der Waals surface area (Å²) in [5.41, 5.74) is 1.33. The topological polar surface area (TPSA) is 38.1 Å². The second-order valence-electron chi connectivity index (χ2n) is 6.83. The molecule has 124 valence electrons. The predicted molar refractivity (Wildman–Crippen MR) is 90.0 cm³/mol. The third-order valence-corrected chi connectivity index (χ3v) is 4.79. The monoisotopic (exact) mass is 305 g/mol. The van der Waals surface area contributed by atoms with Gasteiger partial charge in [-0.2, -0.15) is 5.10 Å². The smallest absolute Gasteiger partial charge is 0.135 e. The van der Waals surface area contributed by atoms with Crippen LogP contribution in [0.2, 0.25) is 0 Å². The summed E-state index contributed by atoms with van der Waals surface area (Å²) in [6, 6.07) is 0.569. The molecule has 0 spiro atoms. The van der Waals surface area contributed by atoms with Crippen LogP contribution >= 0.6 is 0 Å². The van der Waals surface area contributed by atoms with E-state index in [2.05, 4.69) is 27.8 Å². The molecule has 0 aliphatic carbocycles. The third kappa shape index (κ3) is 4.94. The molecule has 0 amide bonds. The summed E-state index contributed by atoms with van der Waals surface area (Å²) in [5, 5.41) is 4.51. The van der Waals surface area contributed by atoms with Crippen LogP contribution in [0.1, 0.15) is 64.5 Å². The molecule has 22 heavy (non-hydrogen) atoms. The van der Waals surface area contributed by atoms with E-state index in [1.165, 1.54) is 18.4 Å². The van der Waals surface area contributed by atoms with Crippen molar-refractivity contribution in [1.82, 2.24) is 14.7 Å². The summed E-state index contributed by atoms with van der Waals surface area (Å²) in [6.07, 6.45) is 10.6. The molecule has 0 atom stereocenters. The van der Waals surface area contributed by atoms with Crippen molar-refractivity contribution in [3.63, 3.8) is 0 Å². The second kappa shape index (κ2) is 8.47. The maximum Gasteiger partial charge on any atom is 0.135 e. The van der Waals surface area contributed by atoms with Gasteiger partial charge in [0.1, 0.15) is 5.78 Å². The first-order valence-corrected chi connectivity index (χ1v) is 8.88. The maximum atomic E-state index is 11.6. The van der Waals surface area contributed by atoms with Gasteiger partial charge in [-0.3, -0.25) is 9.48 Å². The van der Waals surface area contributed by atoms with E-state index >= 15 is 0 Å². The lowest BCUT2D eigenvalue weighted by molar-refractivity contribution is -0.122. The average Bonchev–Trinajstić information content (AvgIpc) is 3.01. The van der Waals surface area contributed by atoms with Crippen LogP contribution in [0.3, 0.4) is 0 Å². The Labute approximate surface area is 134 Å². The van der Waals surface area contributed by atoms with Gasteiger partial charge in [-0.25, -0.2) is 0 Å². The highest BCUT2D eigenvalue weighted by molar-refractivity contribution is 5.80. The van der Waals surface area contributed by atoms with Crippen LogP contribution in [0.25, 0.3) is 0 Å². The zero-order valence-corrected chi connectivity index (χ0v) is 14.4. The molecule has 2 heterocycles. The Morgan fingerprint density at radius 3 is 2.64 bits per heavy atom. The van der Waals surface area contributed by atoms with Gasteiger partial charge < -0.3 is 4.90 Å². The first-order chi connectivity index (χ1) is 10.6. The van der Waals surface area contributed by atoms with Crippen LogP contribution in [0.4, 0.5) is 0 Å². The summed E-state index contributed by atoms with van der Waals surface area (Å²) in [6.45, 7) is 9.61. The Bertz CT molecular complexity index is 459. The molecule has 0 bridgehead atoms. The zero-order chi connectivity index (χ0) is 15.9. The van der Waals surface area contributed by atoms with E-state index in [-0.39, 0.29) is 5.92 Å². The van der Waals surface area contributed by atoms with Crippen molar-refractivity contribution in [2.24, 2.45) is 5.92 Å². The third-order valence-electron chi connectivity index (χ3n) is 4.79. The van der Waals surface area contributed by atoms with Crippen molar-refractivity contribution >= 4 is 5.78 Å². The number of hydrogen-bond acceptors (Lipinski definition) is 3. The quantitative estimate of drug-likeness (QED) is 0.690. The van der Waals surface area contributed by atoms with Gasteiger partial charge in [0.15, 0.2) is 0 Å². The number of piperidine rings is 1. The van der Waals surface area contributed by atoms with Crippen LogP contribution in [0, 0.1) is 5.92 Å². The minimum absolute atomic E-state index is 0.192. The van der Waals surface area contributed by atoms with Crippen LogP contribution in [0.5, 0.6) is 0 Å². The van der Waals surface area contributed by atoms with Crippen molar-refractivity contribution in [3.8, 4) is 0 Å². The molecule has 4 heteroatoms. The highest BCUT2D eigenvalue weighted by Crippen LogP contribution is 2.22. The molecule has 1 saturated heterocycles. The molecule has 0 aromatic carbocycles. The number of Topliss-reactive ketones (excluding diaryl/α,β-unsaturated/α-hetero) is 1. The fourth-order valence-corrected chi connectivity index (χ4v) is 3.09. The highest BCUT2D eigenvalue weighted by Gasteiger charge is 2.20. The van der Waals surface area contributed by atoms with E-state index in [1.807, 2.05) is 20.0 Å². The molecule has 0 unspecified atom stereocenters. The zero-order valence-electron chi connectivity index (χ0n) is 14.4. The summed E-state index contributed by atoms with van der Waals surface area (Å²) in [5.74, 6) is 0.599. The number of carbonyl (C=O) groups excluding carboxylic acids is 1. The van der Waals surface area contributed by atoms with E-state index in [0.717, 1.165) is 45.3 Å². The molecule has 2 rings (SSSR count). The first kappa shape index (κ1) is 17.2. The van der Waals surface area contributed by atoms with E-state index in [0.29, 0.717) is 11.8 Å².